The monoisotopic (exact) mass is 228 g/mol. The highest BCUT2D eigenvalue weighted by atomic mass is 32.1. The van der Waals surface area contributed by atoms with Gasteiger partial charge in [0.2, 0.25) is 5.91 Å². The zero-order valence-electron chi connectivity index (χ0n) is 8.53. The number of amides is 1. The van der Waals surface area contributed by atoms with Crippen molar-refractivity contribution in [1.29, 1.82) is 0 Å². The smallest absolute Gasteiger partial charge is 0.308 e. The van der Waals surface area contributed by atoms with Gasteiger partial charge in [-0.05, 0) is 6.92 Å². The van der Waals surface area contributed by atoms with Crippen LogP contribution in [-0.4, -0.2) is 29.0 Å². The van der Waals surface area contributed by atoms with E-state index in [-0.39, 0.29) is 18.7 Å². The van der Waals surface area contributed by atoms with Crippen LogP contribution in [-0.2, 0) is 22.4 Å². The summed E-state index contributed by atoms with van der Waals surface area (Å²) in [6.45, 7) is 1.75. The second-order valence-corrected chi connectivity index (χ2v) is 4.20. The van der Waals surface area contributed by atoms with Gasteiger partial charge in [0.25, 0.3) is 0 Å². The van der Waals surface area contributed by atoms with E-state index in [1.165, 1.54) is 11.3 Å². The van der Waals surface area contributed by atoms with E-state index >= 15 is 0 Å². The van der Waals surface area contributed by atoms with Gasteiger partial charge in [0.1, 0.15) is 5.01 Å². The molecule has 2 N–H and O–H groups in total. The fraction of sp³-hybridized carbons (Fsp3) is 0.444. The fourth-order valence-electron chi connectivity index (χ4n) is 1.09. The molecule has 0 saturated carbocycles. The third-order valence-electron chi connectivity index (χ3n) is 1.84. The predicted molar refractivity (Wildman–Crippen MR) is 56.0 cm³/mol. The normalized spacial score (nSPS) is 10.0. The van der Waals surface area contributed by atoms with Crippen LogP contribution < -0.4 is 5.32 Å². The van der Waals surface area contributed by atoms with E-state index in [1.54, 1.807) is 14.0 Å². The van der Waals surface area contributed by atoms with Gasteiger partial charge >= 0.3 is 5.97 Å². The lowest BCUT2D eigenvalue weighted by molar-refractivity contribution is -0.136. The number of aromatic nitrogens is 1. The summed E-state index contributed by atoms with van der Waals surface area (Å²) in [7, 11) is 1.56. The lowest BCUT2D eigenvalue weighted by atomic mass is 10.3. The molecule has 15 heavy (non-hydrogen) atoms. The minimum atomic E-state index is -0.881. The fourth-order valence-corrected chi connectivity index (χ4v) is 2.15. The summed E-state index contributed by atoms with van der Waals surface area (Å²) in [5.74, 6) is -1.00. The van der Waals surface area contributed by atoms with E-state index in [9.17, 15) is 9.59 Å². The first-order valence-corrected chi connectivity index (χ1v) is 5.22. The molecule has 0 radical (unpaired) electrons. The van der Waals surface area contributed by atoms with Crippen LogP contribution in [0.25, 0.3) is 0 Å². The van der Waals surface area contributed by atoms with Crippen molar-refractivity contribution in [3.05, 3.63) is 15.6 Å². The molecule has 1 aromatic heterocycles. The number of aryl methyl sites for hydroxylation is 1. The van der Waals surface area contributed by atoms with Crippen molar-refractivity contribution in [2.75, 3.05) is 7.05 Å². The topological polar surface area (TPSA) is 79.3 Å². The van der Waals surface area contributed by atoms with Crippen LogP contribution in [0, 0.1) is 6.92 Å². The quantitative estimate of drug-likeness (QED) is 0.780. The number of aliphatic carboxylic acids is 1. The number of rotatable bonds is 4. The van der Waals surface area contributed by atoms with Gasteiger partial charge in [-0.1, -0.05) is 0 Å². The zero-order chi connectivity index (χ0) is 11.4. The lowest BCUT2D eigenvalue weighted by Gasteiger charge is -1.93. The van der Waals surface area contributed by atoms with Crippen LogP contribution in [0.1, 0.15) is 15.6 Å². The first-order chi connectivity index (χ1) is 7.02. The van der Waals surface area contributed by atoms with Gasteiger partial charge in [-0.15, -0.1) is 11.3 Å². The van der Waals surface area contributed by atoms with Crippen molar-refractivity contribution in [3.8, 4) is 0 Å². The Bertz CT molecular complexity index is 387. The number of likely N-dealkylation sites (N-methyl/N-ethyl adjacent to an activating group) is 1. The predicted octanol–water partition coefficient (Wildman–Crippen LogP) is 0.367. The van der Waals surface area contributed by atoms with Gasteiger partial charge in [-0.2, -0.15) is 0 Å². The second-order valence-electron chi connectivity index (χ2n) is 3.04. The number of hydrogen-bond donors (Lipinski definition) is 2. The Labute approximate surface area is 91.1 Å². The van der Waals surface area contributed by atoms with Gasteiger partial charge in [0.05, 0.1) is 18.5 Å². The molecule has 6 heteroatoms. The minimum Gasteiger partial charge on any atom is -0.481 e. The molecule has 0 atom stereocenters. The van der Waals surface area contributed by atoms with Crippen molar-refractivity contribution in [3.63, 3.8) is 0 Å². The number of hydrogen-bond acceptors (Lipinski definition) is 4. The minimum absolute atomic E-state index is 0.0305. The molecule has 1 amide bonds. The van der Waals surface area contributed by atoms with Crippen LogP contribution in [0.5, 0.6) is 0 Å². The Hall–Kier alpha value is -1.43. The van der Waals surface area contributed by atoms with E-state index in [1.807, 2.05) is 0 Å². The van der Waals surface area contributed by atoms with Crippen molar-refractivity contribution < 1.29 is 14.7 Å². The molecule has 0 aliphatic rings. The average molecular weight is 228 g/mol. The molecule has 1 heterocycles. The summed E-state index contributed by atoms with van der Waals surface area (Å²) in [6, 6.07) is 0. The molecule has 0 spiro atoms. The van der Waals surface area contributed by atoms with Crippen molar-refractivity contribution in [2.45, 2.75) is 19.8 Å². The Morgan fingerprint density at radius 3 is 2.67 bits per heavy atom. The van der Waals surface area contributed by atoms with E-state index in [0.717, 1.165) is 0 Å². The number of nitrogens with one attached hydrogen (secondary N) is 1. The second kappa shape index (κ2) is 4.88. The Morgan fingerprint density at radius 2 is 2.13 bits per heavy atom. The van der Waals surface area contributed by atoms with Crippen LogP contribution >= 0.6 is 11.3 Å². The van der Waals surface area contributed by atoms with Gasteiger partial charge < -0.3 is 10.4 Å². The van der Waals surface area contributed by atoms with Gasteiger partial charge in [0.15, 0.2) is 0 Å². The highest BCUT2D eigenvalue weighted by Gasteiger charge is 2.12. The standard InChI is InChI=1S/C9H12N2O3S/c1-5-6(3-9(13)14)15-8(11-5)4-7(12)10-2/h3-4H2,1-2H3,(H,10,12)(H,13,14). The third-order valence-corrected chi connectivity index (χ3v) is 3.00. The largest absolute Gasteiger partial charge is 0.481 e. The molecule has 1 aromatic rings. The first kappa shape index (κ1) is 11.6. The van der Waals surface area contributed by atoms with Crippen LogP contribution in [0.2, 0.25) is 0 Å². The van der Waals surface area contributed by atoms with Crippen LogP contribution in [0.15, 0.2) is 0 Å². The molecular weight excluding hydrogens is 216 g/mol. The number of thiazole rings is 1. The zero-order valence-corrected chi connectivity index (χ0v) is 9.35. The SMILES string of the molecule is CNC(=O)Cc1nc(C)c(CC(=O)O)s1. The number of carbonyl (C=O) groups excluding carboxylic acids is 1. The lowest BCUT2D eigenvalue weighted by Crippen LogP contribution is -2.19. The van der Waals surface area contributed by atoms with E-state index in [0.29, 0.717) is 15.6 Å². The maximum Gasteiger partial charge on any atom is 0.308 e. The summed E-state index contributed by atoms with van der Waals surface area (Å²) in [5, 5.41) is 11.8. The molecule has 0 bridgehead atoms. The van der Waals surface area contributed by atoms with Crippen molar-refractivity contribution in [1.82, 2.24) is 10.3 Å². The van der Waals surface area contributed by atoms with E-state index < -0.39 is 5.97 Å². The molecule has 0 aromatic carbocycles. The summed E-state index contributed by atoms with van der Waals surface area (Å²) in [5.41, 5.74) is 0.696. The number of nitrogens with zero attached hydrogens (tertiary/aromatic N) is 1. The van der Waals surface area contributed by atoms with Crippen molar-refractivity contribution in [2.24, 2.45) is 0 Å². The molecule has 1 rings (SSSR count). The molecular formula is C9H12N2O3S. The van der Waals surface area contributed by atoms with Crippen LogP contribution in [0.4, 0.5) is 0 Å². The molecule has 0 fully saturated rings. The third kappa shape index (κ3) is 3.32. The Balaban J connectivity index is 2.76. The number of carbonyl (C=O) groups is 2. The Morgan fingerprint density at radius 1 is 1.47 bits per heavy atom. The van der Waals surface area contributed by atoms with Gasteiger partial charge in [-0.3, -0.25) is 9.59 Å². The molecule has 0 unspecified atom stereocenters. The summed E-state index contributed by atoms with van der Waals surface area (Å²) in [4.78, 5) is 26.4. The Kier molecular flexibility index (Phi) is 3.79. The average Bonchev–Trinajstić information content (AvgIpc) is 2.45. The maximum atomic E-state index is 11.1. The summed E-state index contributed by atoms with van der Waals surface area (Å²) < 4.78 is 0. The van der Waals surface area contributed by atoms with Crippen LogP contribution in [0.3, 0.4) is 0 Å². The molecule has 5 nitrogen and oxygen atoms in total. The van der Waals surface area contributed by atoms with Gasteiger partial charge in [0, 0.05) is 11.9 Å². The van der Waals surface area contributed by atoms with Crippen molar-refractivity contribution >= 4 is 23.2 Å². The highest BCUT2D eigenvalue weighted by molar-refractivity contribution is 7.11. The summed E-state index contributed by atoms with van der Waals surface area (Å²) >= 11 is 1.28. The highest BCUT2D eigenvalue weighted by Crippen LogP contribution is 2.19. The first-order valence-electron chi connectivity index (χ1n) is 4.40. The molecule has 0 saturated heterocycles. The van der Waals surface area contributed by atoms with E-state index in [4.69, 9.17) is 5.11 Å². The summed E-state index contributed by atoms with van der Waals surface area (Å²) in [6.07, 6.45) is 0.179. The number of carboxylic acid groups (broad SMARTS) is 1. The van der Waals surface area contributed by atoms with E-state index in [2.05, 4.69) is 10.3 Å². The molecule has 82 valence electrons. The van der Waals surface area contributed by atoms with Gasteiger partial charge in [-0.25, -0.2) is 4.98 Å². The maximum absolute atomic E-state index is 11.1. The molecule has 0 aliphatic heterocycles. The molecule has 0 aliphatic carbocycles. The number of carboxylic acids is 1.